The first-order chi connectivity index (χ1) is 17.0. The Kier molecular flexibility index (Phi) is 5.90. The van der Waals surface area contributed by atoms with Crippen molar-refractivity contribution in [1.29, 1.82) is 0 Å². The molecule has 1 aliphatic carbocycles. The van der Waals surface area contributed by atoms with E-state index in [4.69, 9.17) is 4.98 Å². The molecule has 2 aromatic carbocycles. The van der Waals surface area contributed by atoms with Gasteiger partial charge in [0.2, 0.25) is 0 Å². The van der Waals surface area contributed by atoms with E-state index in [-0.39, 0.29) is 0 Å². The van der Waals surface area contributed by atoms with E-state index in [1.165, 1.54) is 89.3 Å². The van der Waals surface area contributed by atoms with Gasteiger partial charge in [-0.3, -0.25) is 9.47 Å². The molecule has 3 heterocycles. The Labute approximate surface area is 209 Å². The summed E-state index contributed by atoms with van der Waals surface area (Å²) in [5.74, 6) is 0. The Hall–Kier alpha value is -2.69. The van der Waals surface area contributed by atoms with Gasteiger partial charge in [0.05, 0.1) is 11.2 Å². The molecule has 2 fully saturated rings. The SMILES string of the molecule is Cc1cc(C)c(-n2c3ccccc3c3c([C@@H]4CCCN4CNC4CCCC4)cc(C)nc32)c(C)c1. The monoisotopic (exact) mass is 466 g/mol. The molecule has 35 heavy (non-hydrogen) atoms. The number of nitrogens with zero attached hydrogens (tertiary/aromatic N) is 3. The van der Waals surface area contributed by atoms with Crippen LogP contribution in [-0.4, -0.2) is 33.7 Å². The molecule has 0 spiro atoms. The minimum atomic E-state index is 0.438. The highest BCUT2D eigenvalue weighted by Crippen LogP contribution is 2.41. The van der Waals surface area contributed by atoms with Gasteiger partial charge >= 0.3 is 0 Å². The van der Waals surface area contributed by atoms with Crippen molar-refractivity contribution in [3.05, 3.63) is 70.4 Å². The molecule has 2 aromatic heterocycles. The Morgan fingerprint density at radius 1 is 0.914 bits per heavy atom. The van der Waals surface area contributed by atoms with Gasteiger partial charge in [0.1, 0.15) is 5.65 Å². The van der Waals surface area contributed by atoms with E-state index in [0.717, 1.165) is 18.0 Å². The highest BCUT2D eigenvalue weighted by atomic mass is 15.3. The fraction of sp³-hybridized carbons (Fsp3) is 0.452. The first kappa shape index (κ1) is 22.8. The fourth-order valence-electron chi connectivity index (χ4n) is 6.87. The smallest absolute Gasteiger partial charge is 0.146 e. The van der Waals surface area contributed by atoms with Gasteiger partial charge in [-0.15, -0.1) is 0 Å². The van der Waals surface area contributed by atoms with Gasteiger partial charge in [0, 0.05) is 41.8 Å². The molecular formula is C31H38N4. The summed E-state index contributed by atoms with van der Waals surface area (Å²) in [4.78, 5) is 7.87. The minimum Gasteiger partial charge on any atom is -0.301 e. The van der Waals surface area contributed by atoms with Crippen molar-refractivity contribution in [3.8, 4) is 5.69 Å². The van der Waals surface area contributed by atoms with Crippen LogP contribution in [0.5, 0.6) is 0 Å². The number of nitrogens with one attached hydrogen (secondary N) is 1. The summed E-state index contributed by atoms with van der Waals surface area (Å²) in [5, 5.41) is 6.54. The molecular weight excluding hydrogens is 428 g/mol. The molecule has 4 heteroatoms. The summed E-state index contributed by atoms with van der Waals surface area (Å²) in [6, 6.07) is 17.0. The summed E-state index contributed by atoms with van der Waals surface area (Å²) in [6.45, 7) is 11.0. The van der Waals surface area contributed by atoms with Crippen LogP contribution in [0.4, 0.5) is 0 Å². The third kappa shape index (κ3) is 3.97. The molecule has 1 atom stereocenters. The van der Waals surface area contributed by atoms with Crippen molar-refractivity contribution in [2.75, 3.05) is 13.2 Å². The lowest BCUT2D eigenvalue weighted by Gasteiger charge is -2.27. The third-order valence-electron chi connectivity index (χ3n) is 8.30. The normalized spacial score (nSPS) is 19.5. The molecule has 1 saturated carbocycles. The molecule has 1 saturated heterocycles. The van der Waals surface area contributed by atoms with Crippen molar-refractivity contribution in [2.24, 2.45) is 0 Å². The molecule has 0 unspecified atom stereocenters. The van der Waals surface area contributed by atoms with Crippen LogP contribution in [0.1, 0.15) is 72.5 Å². The van der Waals surface area contributed by atoms with Gasteiger partial charge in [0.25, 0.3) is 0 Å². The number of aryl methyl sites for hydroxylation is 4. The number of rotatable bonds is 5. The lowest BCUT2D eigenvalue weighted by Crippen LogP contribution is -2.38. The molecule has 4 nitrogen and oxygen atoms in total. The predicted octanol–water partition coefficient (Wildman–Crippen LogP) is 7.04. The van der Waals surface area contributed by atoms with Crippen LogP contribution in [0.15, 0.2) is 42.5 Å². The van der Waals surface area contributed by atoms with E-state index >= 15 is 0 Å². The maximum Gasteiger partial charge on any atom is 0.146 e. The first-order valence-electron chi connectivity index (χ1n) is 13.5. The molecule has 0 radical (unpaired) electrons. The maximum absolute atomic E-state index is 5.19. The Balaban J connectivity index is 1.53. The summed E-state index contributed by atoms with van der Waals surface area (Å²) < 4.78 is 2.43. The van der Waals surface area contributed by atoms with E-state index < -0.39 is 0 Å². The molecule has 1 N–H and O–H groups in total. The fourth-order valence-corrected chi connectivity index (χ4v) is 6.87. The molecule has 0 amide bonds. The first-order valence-corrected chi connectivity index (χ1v) is 13.5. The van der Waals surface area contributed by atoms with Crippen LogP contribution >= 0.6 is 0 Å². The van der Waals surface area contributed by atoms with E-state index in [2.05, 4.69) is 84.9 Å². The van der Waals surface area contributed by atoms with Gasteiger partial charge < -0.3 is 5.32 Å². The zero-order chi connectivity index (χ0) is 24.1. The Morgan fingerprint density at radius 2 is 1.66 bits per heavy atom. The number of benzene rings is 2. The van der Waals surface area contributed by atoms with Crippen molar-refractivity contribution in [2.45, 2.75) is 78.3 Å². The van der Waals surface area contributed by atoms with E-state index in [9.17, 15) is 0 Å². The van der Waals surface area contributed by atoms with Crippen LogP contribution < -0.4 is 5.32 Å². The molecule has 182 valence electrons. The van der Waals surface area contributed by atoms with Gasteiger partial charge in [0.15, 0.2) is 0 Å². The summed E-state index contributed by atoms with van der Waals surface area (Å²) in [7, 11) is 0. The van der Waals surface area contributed by atoms with Gasteiger partial charge in [-0.2, -0.15) is 0 Å². The number of hydrogen-bond acceptors (Lipinski definition) is 3. The van der Waals surface area contributed by atoms with Gasteiger partial charge in [-0.05, 0) is 82.2 Å². The summed E-state index contributed by atoms with van der Waals surface area (Å²) in [5.41, 5.74) is 10.1. The average molecular weight is 467 g/mol. The number of likely N-dealkylation sites (tertiary alicyclic amines) is 1. The van der Waals surface area contributed by atoms with E-state index in [1.807, 2.05) is 0 Å². The number of pyridine rings is 1. The molecule has 6 rings (SSSR count). The van der Waals surface area contributed by atoms with E-state index in [0.29, 0.717) is 12.1 Å². The van der Waals surface area contributed by atoms with Crippen molar-refractivity contribution >= 4 is 21.9 Å². The van der Waals surface area contributed by atoms with Crippen molar-refractivity contribution in [1.82, 2.24) is 19.8 Å². The van der Waals surface area contributed by atoms with Crippen LogP contribution in [0, 0.1) is 27.7 Å². The number of fused-ring (bicyclic) bond motifs is 3. The quantitative estimate of drug-likeness (QED) is 0.342. The zero-order valence-electron chi connectivity index (χ0n) is 21.7. The van der Waals surface area contributed by atoms with Crippen LogP contribution in [0.25, 0.3) is 27.6 Å². The standard InChI is InChI=1S/C31H38N4/c1-20-16-21(2)30(22(3)17-20)35-28-13-8-7-12-25(28)29-26(18-23(4)33-31(29)35)27-14-9-15-34(27)19-32-24-10-5-6-11-24/h7-8,12-13,16-18,24,27,32H,5-6,9-11,14-15,19H2,1-4H3/t27-/m0/s1. The summed E-state index contributed by atoms with van der Waals surface area (Å²) in [6.07, 6.45) is 7.90. The van der Waals surface area contributed by atoms with Crippen molar-refractivity contribution in [3.63, 3.8) is 0 Å². The van der Waals surface area contributed by atoms with E-state index in [1.54, 1.807) is 0 Å². The lowest BCUT2D eigenvalue weighted by molar-refractivity contribution is 0.225. The second-order valence-electron chi connectivity index (χ2n) is 11.0. The maximum atomic E-state index is 5.19. The zero-order valence-corrected chi connectivity index (χ0v) is 21.7. The largest absolute Gasteiger partial charge is 0.301 e. The molecule has 0 bridgehead atoms. The topological polar surface area (TPSA) is 33.1 Å². The number of hydrogen-bond donors (Lipinski definition) is 1. The Bertz CT molecular complexity index is 1370. The van der Waals surface area contributed by atoms with Crippen LogP contribution in [0.3, 0.4) is 0 Å². The third-order valence-corrected chi connectivity index (χ3v) is 8.30. The highest BCUT2D eigenvalue weighted by molar-refractivity contribution is 6.10. The van der Waals surface area contributed by atoms with Crippen LogP contribution in [0.2, 0.25) is 0 Å². The molecule has 1 aliphatic heterocycles. The average Bonchev–Trinajstić information content (AvgIpc) is 3.56. The minimum absolute atomic E-state index is 0.438. The van der Waals surface area contributed by atoms with Crippen molar-refractivity contribution < 1.29 is 0 Å². The molecule has 2 aliphatic rings. The second kappa shape index (κ2) is 9.07. The highest BCUT2D eigenvalue weighted by Gasteiger charge is 2.30. The van der Waals surface area contributed by atoms with Crippen LogP contribution in [-0.2, 0) is 0 Å². The Morgan fingerprint density at radius 3 is 2.43 bits per heavy atom. The number of para-hydroxylation sites is 1. The molecule has 4 aromatic rings. The summed E-state index contributed by atoms with van der Waals surface area (Å²) >= 11 is 0. The number of aromatic nitrogens is 2. The van der Waals surface area contributed by atoms with Gasteiger partial charge in [-0.25, -0.2) is 4.98 Å². The lowest BCUT2D eigenvalue weighted by atomic mass is 9.99. The second-order valence-corrected chi connectivity index (χ2v) is 11.0. The predicted molar refractivity (Wildman–Crippen MR) is 146 cm³/mol. The van der Waals surface area contributed by atoms with Gasteiger partial charge in [-0.1, -0.05) is 48.7 Å².